The zero-order chi connectivity index (χ0) is 16.1. The molecule has 1 aromatic carbocycles. The van der Waals surface area contributed by atoms with E-state index in [9.17, 15) is 4.79 Å². The minimum atomic E-state index is -0.173. The fourth-order valence-corrected chi connectivity index (χ4v) is 3.93. The fourth-order valence-electron chi connectivity index (χ4n) is 1.88. The first kappa shape index (κ1) is 16.8. The van der Waals surface area contributed by atoms with Crippen LogP contribution in [0.1, 0.15) is 19.5 Å². The summed E-state index contributed by atoms with van der Waals surface area (Å²) in [6.45, 7) is 6.06. The third kappa shape index (κ3) is 4.48. The molecule has 2 aromatic rings. The molecule has 0 radical (unpaired) electrons. The highest BCUT2D eigenvalue weighted by atomic mass is 32.2. The molecule has 1 amide bonds. The summed E-state index contributed by atoms with van der Waals surface area (Å²) in [6, 6.07) is 7.34. The van der Waals surface area contributed by atoms with E-state index in [1.54, 1.807) is 18.4 Å². The Morgan fingerprint density at radius 1 is 1.32 bits per heavy atom. The quantitative estimate of drug-likeness (QED) is 0.803. The number of carbonyl (C=O) groups is 1. The number of thiazole rings is 1. The fraction of sp³-hybridized carbons (Fsp3) is 0.375. The number of rotatable bonds is 6. The molecule has 2 rings (SSSR count). The van der Waals surface area contributed by atoms with Gasteiger partial charge in [0, 0.05) is 16.8 Å². The van der Waals surface area contributed by atoms with Crippen LogP contribution in [0.2, 0.25) is 0 Å². The van der Waals surface area contributed by atoms with Gasteiger partial charge >= 0.3 is 0 Å². The molecule has 0 saturated heterocycles. The molecule has 1 aromatic heterocycles. The van der Waals surface area contributed by atoms with E-state index in [0.29, 0.717) is 0 Å². The molecule has 1 heterocycles. The lowest BCUT2D eigenvalue weighted by atomic mass is 10.1. The molecule has 1 atom stereocenters. The van der Waals surface area contributed by atoms with Crippen molar-refractivity contribution in [3.05, 3.63) is 35.3 Å². The standard InChI is InChI=1S/C16H20N2O2S2/c1-10(2)14(22-16-17-11(3)9-21-16)15(19)18-12-5-7-13(20-4)8-6-12/h5-10,14H,1-4H3,(H,18,19). The van der Waals surface area contributed by atoms with Crippen LogP contribution in [0.5, 0.6) is 5.75 Å². The average molecular weight is 336 g/mol. The van der Waals surface area contributed by atoms with Gasteiger partial charge in [0.1, 0.15) is 5.75 Å². The van der Waals surface area contributed by atoms with Crippen LogP contribution in [0, 0.1) is 12.8 Å². The maximum atomic E-state index is 12.5. The predicted molar refractivity (Wildman–Crippen MR) is 93.0 cm³/mol. The number of hydrogen-bond acceptors (Lipinski definition) is 5. The van der Waals surface area contributed by atoms with Crippen molar-refractivity contribution < 1.29 is 9.53 Å². The molecule has 0 aliphatic rings. The number of nitrogens with zero attached hydrogens (tertiary/aromatic N) is 1. The SMILES string of the molecule is COc1ccc(NC(=O)C(Sc2nc(C)cs2)C(C)C)cc1. The summed E-state index contributed by atoms with van der Waals surface area (Å²) < 4.78 is 6.05. The van der Waals surface area contributed by atoms with E-state index in [0.717, 1.165) is 21.5 Å². The van der Waals surface area contributed by atoms with E-state index < -0.39 is 0 Å². The number of aromatic nitrogens is 1. The van der Waals surface area contributed by atoms with Crippen LogP contribution in [0.4, 0.5) is 5.69 Å². The zero-order valence-electron chi connectivity index (χ0n) is 13.1. The Hall–Kier alpha value is -1.53. The summed E-state index contributed by atoms with van der Waals surface area (Å²) in [7, 11) is 1.62. The predicted octanol–water partition coefficient (Wildman–Crippen LogP) is 4.22. The Morgan fingerprint density at radius 3 is 2.50 bits per heavy atom. The van der Waals surface area contributed by atoms with Crippen molar-refractivity contribution in [2.75, 3.05) is 12.4 Å². The number of nitrogens with one attached hydrogen (secondary N) is 1. The Balaban J connectivity index is 2.05. The van der Waals surface area contributed by atoms with Gasteiger partial charge in [-0.05, 0) is 37.1 Å². The van der Waals surface area contributed by atoms with Gasteiger partial charge in [0.05, 0.1) is 12.4 Å². The van der Waals surface area contributed by atoms with E-state index in [-0.39, 0.29) is 17.1 Å². The number of hydrogen-bond donors (Lipinski definition) is 1. The van der Waals surface area contributed by atoms with E-state index >= 15 is 0 Å². The number of anilines is 1. The number of benzene rings is 1. The zero-order valence-corrected chi connectivity index (χ0v) is 14.8. The molecule has 0 aliphatic carbocycles. The molecule has 0 spiro atoms. The number of aryl methyl sites for hydroxylation is 1. The van der Waals surface area contributed by atoms with Crippen molar-refractivity contribution >= 4 is 34.7 Å². The first-order chi connectivity index (χ1) is 10.5. The highest BCUT2D eigenvalue weighted by Crippen LogP contribution is 2.31. The topological polar surface area (TPSA) is 51.2 Å². The first-order valence-electron chi connectivity index (χ1n) is 7.03. The van der Waals surface area contributed by atoms with Crippen molar-refractivity contribution in [1.82, 2.24) is 4.98 Å². The third-order valence-corrected chi connectivity index (χ3v) is 5.68. The molecule has 0 fully saturated rings. The molecule has 1 N–H and O–H groups in total. The van der Waals surface area contributed by atoms with Gasteiger partial charge in [-0.25, -0.2) is 4.98 Å². The molecule has 0 saturated carbocycles. The number of amides is 1. The second-order valence-electron chi connectivity index (χ2n) is 5.26. The van der Waals surface area contributed by atoms with E-state index in [4.69, 9.17) is 4.74 Å². The smallest absolute Gasteiger partial charge is 0.238 e. The minimum absolute atomic E-state index is 0.00183. The van der Waals surface area contributed by atoms with Gasteiger partial charge in [0.2, 0.25) is 5.91 Å². The van der Waals surface area contributed by atoms with Crippen LogP contribution < -0.4 is 10.1 Å². The summed E-state index contributed by atoms with van der Waals surface area (Å²) in [4.78, 5) is 17.0. The van der Waals surface area contributed by atoms with Gasteiger partial charge in [-0.15, -0.1) is 11.3 Å². The van der Waals surface area contributed by atoms with E-state index in [2.05, 4.69) is 10.3 Å². The number of thioether (sulfide) groups is 1. The van der Waals surface area contributed by atoms with Crippen molar-refractivity contribution in [1.29, 1.82) is 0 Å². The van der Waals surface area contributed by atoms with Crippen LogP contribution in [0.15, 0.2) is 34.0 Å². The lowest BCUT2D eigenvalue weighted by molar-refractivity contribution is -0.116. The second-order valence-corrected chi connectivity index (χ2v) is 7.50. The van der Waals surface area contributed by atoms with Crippen molar-refractivity contribution in [3.8, 4) is 5.75 Å². The molecule has 1 unspecified atom stereocenters. The van der Waals surface area contributed by atoms with Crippen LogP contribution >= 0.6 is 23.1 Å². The van der Waals surface area contributed by atoms with Gasteiger partial charge in [-0.1, -0.05) is 25.6 Å². The van der Waals surface area contributed by atoms with E-state index in [1.165, 1.54) is 11.8 Å². The normalized spacial score (nSPS) is 12.2. The molecule has 4 nitrogen and oxygen atoms in total. The van der Waals surface area contributed by atoms with E-state index in [1.807, 2.05) is 50.4 Å². The minimum Gasteiger partial charge on any atom is -0.497 e. The van der Waals surface area contributed by atoms with Gasteiger partial charge in [0.15, 0.2) is 4.34 Å². The summed E-state index contributed by atoms with van der Waals surface area (Å²) in [5.74, 6) is 0.983. The molecular weight excluding hydrogens is 316 g/mol. The van der Waals surface area contributed by atoms with Crippen molar-refractivity contribution in [2.45, 2.75) is 30.4 Å². The van der Waals surface area contributed by atoms with Gasteiger partial charge in [-0.3, -0.25) is 4.79 Å². The molecule has 118 valence electrons. The summed E-state index contributed by atoms with van der Waals surface area (Å²) in [5, 5.41) is 4.79. The highest BCUT2D eigenvalue weighted by Gasteiger charge is 2.24. The first-order valence-corrected chi connectivity index (χ1v) is 8.79. The molecule has 0 bridgehead atoms. The number of methoxy groups -OCH3 is 1. The molecule has 0 aliphatic heterocycles. The Labute approximate surface area is 139 Å². The van der Waals surface area contributed by atoms with Crippen LogP contribution in [0.3, 0.4) is 0 Å². The van der Waals surface area contributed by atoms with Crippen LogP contribution in [-0.4, -0.2) is 23.3 Å². The maximum Gasteiger partial charge on any atom is 0.238 e. The Bertz CT molecular complexity index is 623. The Morgan fingerprint density at radius 2 is 2.00 bits per heavy atom. The third-order valence-electron chi connectivity index (χ3n) is 3.05. The van der Waals surface area contributed by atoms with Crippen LogP contribution in [0.25, 0.3) is 0 Å². The molecular formula is C16H20N2O2S2. The van der Waals surface area contributed by atoms with Crippen molar-refractivity contribution in [3.63, 3.8) is 0 Å². The van der Waals surface area contributed by atoms with Crippen molar-refractivity contribution in [2.24, 2.45) is 5.92 Å². The van der Waals surface area contributed by atoms with Gasteiger partial charge in [0.25, 0.3) is 0 Å². The number of ether oxygens (including phenoxy) is 1. The molecule has 6 heteroatoms. The summed E-state index contributed by atoms with van der Waals surface area (Å²) >= 11 is 3.10. The second kappa shape index (κ2) is 7.65. The van der Waals surface area contributed by atoms with Gasteiger partial charge in [-0.2, -0.15) is 0 Å². The number of carbonyl (C=O) groups excluding carboxylic acids is 1. The van der Waals surface area contributed by atoms with Crippen LogP contribution in [-0.2, 0) is 4.79 Å². The monoisotopic (exact) mass is 336 g/mol. The average Bonchev–Trinajstić information content (AvgIpc) is 2.90. The largest absolute Gasteiger partial charge is 0.497 e. The lowest BCUT2D eigenvalue weighted by Crippen LogP contribution is -2.29. The molecule has 22 heavy (non-hydrogen) atoms. The highest BCUT2D eigenvalue weighted by molar-refractivity contribution is 8.02. The van der Waals surface area contributed by atoms with Gasteiger partial charge < -0.3 is 10.1 Å². The lowest BCUT2D eigenvalue weighted by Gasteiger charge is -2.18. The summed E-state index contributed by atoms with van der Waals surface area (Å²) in [5.41, 5.74) is 1.76. The Kier molecular flexibility index (Phi) is 5.85. The maximum absolute atomic E-state index is 12.5. The summed E-state index contributed by atoms with van der Waals surface area (Å²) in [6.07, 6.45) is 0.